The molecule has 10 nitrogen and oxygen atoms in total. The second-order valence-corrected chi connectivity index (χ2v) is 7.69. The Labute approximate surface area is 188 Å². The first-order valence-corrected chi connectivity index (χ1v) is 10.1. The molecule has 0 aromatic carbocycles. The third-order valence-electron chi connectivity index (χ3n) is 4.81. The Hall–Kier alpha value is -2.55. The number of aromatic nitrogens is 3. The quantitative estimate of drug-likeness (QED) is 0.456. The van der Waals surface area contributed by atoms with Gasteiger partial charge in [-0.05, 0) is 12.8 Å². The molecule has 2 aromatic rings. The molecule has 2 fully saturated rings. The molecule has 1 amide bonds. The molecular formula is C18H17ClF4N4O6. The predicted molar refractivity (Wildman–Crippen MR) is 98.5 cm³/mol. The predicted octanol–water partition coefficient (Wildman–Crippen LogP) is 2.65. The Bertz CT molecular complexity index is 979. The van der Waals surface area contributed by atoms with Gasteiger partial charge in [0.2, 0.25) is 12.2 Å². The molecule has 180 valence electrons. The highest BCUT2D eigenvalue weighted by atomic mass is 35.5. The molecule has 15 heteroatoms. The topological polar surface area (TPSA) is 118 Å². The van der Waals surface area contributed by atoms with Crippen molar-refractivity contribution in [1.82, 2.24) is 20.5 Å². The number of ether oxygens (including phenoxy) is 4. The molecule has 0 radical (unpaired) electrons. The molecule has 1 aliphatic heterocycles. The number of amides is 1. The summed E-state index contributed by atoms with van der Waals surface area (Å²) in [6.45, 7) is -0.261. The van der Waals surface area contributed by atoms with Gasteiger partial charge in [0.05, 0.1) is 31.6 Å². The monoisotopic (exact) mass is 496 g/mol. The molecule has 1 N–H and O–H groups in total. The second-order valence-electron chi connectivity index (χ2n) is 7.33. The zero-order valence-electron chi connectivity index (χ0n) is 16.7. The van der Waals surface area contributed by atoms with E-state index in [2.05, 4.69) is 25.2 Å². The summed E-state index contributed by atoms with van der Waals surface area (Å²) in [5, 5.41) is 9.98. The number of carbonyl (C=O) groups excluding carboxylic acids is 1. The van der Waals surface area contributed by atoms with Crippen LogP contribution in [0.15, 0.2) is 16.7 Å². The molecule has 0 unspecified atom stereocenters. The van der Waals surface area contributed by atoms with E-state index < -0.39 is 43.1 Å². The lowest BCUT2D eigenvalue weighted by molar-refractivity contribution is -0.352. The zero-order valence-corrected chi connectivity index (χ0v) is 17.4. The Morgan fingerprint density at radius 3 is 2.58 bits per heavy atom. The van der Waals surface area contributed by atoms with E-state index in [0.29, 0.717) is 0 Å². The van der Waals surface area contributed by atoms with Crippen molar-refractivity contribution in [2.24, 2.45) is 0 Å². The lowest BCUT2D eigenvalue weighted by Gasteiger charge is -2.33. The van der Waals surface area contributed by atoms with Crippen LogP contribution in [0.3, 0.4) is 0 Å². The van der Waals surface area contributed by atoms with Crippen LogP contribution in [0.5, 0.6) is 5.75 Å². The van der Waals surface area contributed by atoms with Crippen molar-refractivity contribution in [3.63, 3.8) is 0 Å². The van der Waals surface area contributed by atoms with Crippen LogP contribution in [0.25, 0.3) is 0 Å². The summed E-state index contributed by atoms with van der Waals surface area (Å²) in [6.07, 6.45) is -5.17. The minimum atomic E-state index is -4.68. The van der Waals surface area contributed by atoms with E-state index in [1.165, 1.54) is 6.20 Å². The fourth-order valence-corrected chi connectivity index (χ4v) is 3.29. The maximum Gasteiger partial charge on any atom is 0.522 e. The molecule has 1 saturated carbocycles. The van der Waals surface area contributed by atoms with Crippen LogP contribution < -0.4 is 10.1 Å². The number of pyridine rings is 1. The highest BCUT2D eigenvalue weighted by Gasteiger charge is 2.43. The van der Waals surface area contributed by atoms with E-state index in [0.717, 1.165) is 6.07 Å². The number of nitrogens with zero attached hydrogens (tertiary/aromatic N) is 3. The number of hydrogen-bond donors (Lipinski definition) is 1. The van der Waals surface area contributed by atoms with Gasteiger partial charge in [0.1, 0.15) is 5.75 Å². The molecule has 0 atom stereocenters. The van der Waals surface area contributed by atoms with Crippen LogP contribution in [-0.2, 0) is 19.0 Å². The third kappa shape index (κ3) is 6.28. The highest BCUT2D eigenvalue weighted by Crippen LogP contribution is 2.41. The van der Waals surface area contributed by atoms with E-state index in [-0.39, 0.29) is 54.7 Å². The molecule has 1 saturated heterocycles. The van der Waals surface area contributed by atoms with Crippen LogP contribution in [0, 0.1) is 5.82 Å². The van der Waals surface area contributed by atoms with Gasteiger partial charge in [-0.25, -0.2) is 9.37 Å². The van der Waals surface area contributed by atoms with Crippen molar-refractivity contribution in [1.29, 1.82) is 0 Å². The fraction of sp³-hybridized carbons (Fsp3) is 0.556. The second kappa shape index (κ2) is 9.75. The van der Waals surface area contributed by atoms with Gasteiger partial charge in [-0.15, -0.1) is 23.4 Å². The van der Waals surface area contributed by atoms with Gasteiger partial charge in [-0.3, -0.25) is 9.53 Å². The zero-order chi connectivity index (χ0) is 23.6. The van der Waals surface area contributed by atoms with Gasteiger partial charge in [0.15, 0.2) is 17.6 Å². The SMILES string of the molecule is O=C(COc1cnc(Cl)c(F)c1)NC1COC(c2nnc(C3CC(OC(F)(F)F)C3)o2)OC1. The number of hydrogen-bond acceptors (Lipinski definition) is 9. The van der Waals surface area contributed by atoms with E-state index in [4.69, 9.17) is 30.2 Å². The summed E-state index contributed by atoms with van der Waals surface area (Å²) < 4.78 is 75.4. The first-order valence-electron chi connectivity index (χ1n) is 9.70. The Morgan fingerprint density at radius 1 is 1.21 bits per heavy atom. The Morgan fingerprint density at radius 2 is 1.91 bits per heavy atom. The molecule has 4 rings (SSSR count). The lowest BCUT2D eigenvalue weighted by atomic mass is 9.82. The van der Waals surface area contributed by atoms with Crippen LogP contribution in [0.2, 0.25) is 5.15 Å². The Balaban J connectivity index is 1.18. The summed E-state index contributed by atoms with van der Waals surface area (Å²) in [5.74, 6) is -1.36. The molecular weight excluding hydrogens is 480 g/mol. The number of nitrogens with one attached hydrogen (secondary N) is 1. The normalized spacial score (nSPS) is 25.4. The van der Waals surface area contributed by atoms with Gasteiger partial charge >= 0.3 is 6.36 Å². The lowest BCUT2D eigenvalue weighted by Crippen LogP contribution is -2.46. The van der Waals surface area contributed by atoms with Crippen molar-refractivity contribution < 1.29 is 45.7 Å². The van der Waals surface area contributed by atoms with Crippen LogP contribution >= 0.6 is 11.6 Å². The number of alkyl halides is 3. The van der Waals surface area contributed by atoms with Crippen molar-refractivity contribution in [2.45, 2.75) is 43.6 Å². The van der Waals surface area contributed by atoms with Crippen LogP contribution in [-0.4, -0.2) is 59.4 Å². The first-order chi connectivity index (χ1) is 15.7. The summed E-state index contributed by atoms with van der Waals surface area (Å²) in [5.41, 5.74) is 0. The van der Waals surface area contributed by atoms with Crippen molar-refractivity contribution in [3.8, 4) is 5.75 Å². The van der Waals surface area contributed by atoms with Gasteiger partial charge in [-0.1, -0.05) is 11.6 Å². The summed E-state index contributed by atoms with van der Waals surface area (Å²) in [6, 6.07) is 0.512. The summed E-state index contributed by atoms with van der Waals surface area (Å²) >= 11 is 5.48. The van der Waals surface area contributed by atoms with E-state index in [9.17, 15) is 22.4 Å². The van der Waals surface area contributed by atoms with Crippen molar-refractivity contribution in [2.75, 3.05) is 19.8 Å². The fourth-order valence-electron chi connectivity index (χ4n) is 3.19. The third-order valence-corrected chi connectivity index (χ3v) is 5.08. The van der Waals surface area contributed by atoms with Crippen LogP contribution in [0.1, 0.15) is 36.8 Å². The molecule has 3 heterocycles. The molecule has 2 aromatic heterocycles. The van der Waals surface area contributed by atoms with Gasteiger partial charge in [0.25, 0.3) is 11.8 Å². The highest BCUT2D eigenvalue weighted by molar-refractivity contribution is 6.29. The summed E-state index contributed by atoms with van der Waals surface area (Å²) in [7, 11) is 0. The van der Waals surface area contributed by atoms with Gasteiger partial charge in [0, 0.05) is 12.0 Å². The number of carbonyl (C=O) groups is 1. The largest absolute Gasteiger partial charge is 0.522 e. The maximum absolute atomic E-state index is 13.3. The molecule has 33 heavy (non-hydrogen) atoms. The molecule has 2 aliphatic rings. The van der Waals surface area contributed by atoms with E-state index in [1.54, 1.807) is 0 Å². The van der Waals surface area contributed by atoms with Crippen molar-refractivity contribution in [3.05, 3.63) is 35.0 Å². The van der Waals surface area contributed by atoms with E-state index in [1.807, 2.05) is 0 Å². The number of halogens is 5. The molecule has 0 bridgehead atoms. The minimum Gasteiger partial charge on any atom is -0.482 e. The van der Waals surface area contributed by atoms with Crippen molar-refractivity contribution >= 4 is 17.5 Å². The molecule has 0 spiro atoms. The number of rotatable bonds is 7. The molecule has 1 aliphatic carbocycles. The first kappa shape index (κ1) is 23.6. The average Bonchev–Trinajstić information content (AvgIpc) is 3.21. The standard InChI is InChI=1S/C18H17ClF4N4O6/c19-14-12(20)3-11(4-24-14)29-7-13(28)25-9-5-30-17(31-6-9)16-27-26-15(32-16)8-1-10(2-8)33-18(21,22)23/h3-4,8-10,17H,1-2,5-7H2,(H,25,28). The summed E-state index contributed by atoms with van der Waals surface area (Å²) in [4.78, 5) is 15.6. The minimum absolute atomic E-state index is 0.0237. The Kier molecular flexibility index (Phi) is 6.97. The van der Waals surface area contributed by atoms with E-state index >= 15 is 0 Å². The average molecular weight is 497 g/mol. The van der Waals surface area contributed by atoms with Gasteiger partial charge in [-0.2, -0.15) is 0 Å². The maximum atomic E-state index is 13.3. The smallest absolute Gasteiger partial charge is 0.482 e. The van der Waals surface area contributed by atoms with Gasteiger partial charge < -0.3 is 23.9 Å². The van der Waals surface area contributed by atoms with Crippen LogP contribution in [0.4, 0.5) is 17.6 Å².